The number of carbonyl (C=O) groups is 1. The van der Waals surface area contributed by atoms with Crippen LogP contribution in [0.4, 0.5) is 0 Å². The number of hydrogen-bond acceptors (Lipinski definition) is 3. The molecule has 1 aliphatic carbocycles. The van der Waals surface area contributed by atoms with E-state index in [1.807, 2.05) is 6.92 Å². The first-order valence-electron chi connectivity index (χ1n) is 4.61. The Balaban J connectivity index is 2.12. The molecule has 0 aliphatic heterocycles. The predicted octanol–water partition coefficient (Wildman–Crippen LogP) is 1.21. The van der Waals surface area contributed by atoms with E-state index in [0.29, 0.717) is 13.0 Å². The Kier molecular flexibility index (Phi) is 3.09. The van der Waals surface area contributed by atoms with Crippen LogP contribution in [0.15, 0.2) is 0 Å². The zero-order chi connectivity index (χ0) is 9.03. The van der Waals surface area contributed by atoms with E-state index < -0.39 is 0 Å². The molecule has 1 rings (SSSR count). The van der Waals surface area contributed by atoms with Crippen molar-refractivity contribution in [1.82, 2.24) is 0 Å². The Morgan fingerprint density at radius 1 is 1.58 bits per heavy atom. The van der Waals surface area contributed by atoms with Crippen LogP contribution in [0.1, 0.15) is 39.0 Å². The summed E-state index contributed by atoms with van der Waals surface area (Å²) in [6.45, 7) is 2.29. The van der Waals surface area contributed by atoms with E-state index >= 15 is 0 Å². The summed E-state index contributed by atoms with van der Waals surface area (Å²) in [4.78, 5) is 11.0. The molecule has 70 valence electrons. The summed E-state index contributed by atoms with van der Waals surface area (Å²) in [5, 5.41) is 0. The molecule has 0 bridgehead atoms. The van der Waals surface area contributed by atoms with Crippen LogP contribution in [0.3, 0.4) is 0 Å². The molecule has 12 heavy (non-hydrogen) atoms. The van der Waals surface area contributed by atoms with Gasteiger partial charge >= 0.3 is 5.97 Å². The number of ether oxygens (including phenoxy) is 1. The van der Waals surface area contributed by atoms with Crippen LogP contribution in [0, 0.1) is 0 Å². The van der Waals surface area contributed by atoms with Gasteiger partial charge in [0.15, 0.2) is 0 Å². The first-order chi connectivity index (χ1) is 5.66. The Hall–Kier alpha value is -0.570. The van der Waals surface area contributed by atoms with E-state index in [0.717, 1.165) is 19.3 Å². The third-order valence-corrected chi connectivity index (χ3v) is 2.48. The normalized spacial score (nSPS) is 19.8. The van der Waals surface area contributed by atoms with E-state index in [9.17, 15) is 4.79 Å². The van der Waals surface area contributed by atoms with Crippen molar-refractivity contribution in [3.63, 3.8) is 0 Å². The fourth-order valence-corrected chi connectivity index (χ4v) is 1.47. The Labute approximate surface area is 73.3 Å². The summed E-state index contributed by atoms with van der Waals surface area (Å²) in [5.41, 5.74) is 5.89. The number of rotatable bonds is 4. The van der Waals surface area contributed by atoms with Crippen LogP contribution in [0.5, 0.6) is 0 Å². The van der Waals surface area contributed by atoms with Gasteiger partial charge in [0.1, 0.15) is 0 Å². The average Bonchev–Trinajstić information content (AvgIpc) is 1.98. The van der Waals surface area contributed by atoms with Gasteiger partial charge in [0.05, 0.1) is 6.61 Å². The van der Waals surface area contributed by atoms with Crippen LogP contribution in [-0.4, -0.2) is 18.1 Å². The number of esters is 1. The van der Waals surface area contributed by atoms with Gasteiger partial charge < -0.3 is 10.5 Å². The van der Waals surface area contributed by atoms with Gasteiger partial charge in [-0.25, -0.2) is 0 Å². The molecule has 1 saturated carbocycles. The van der Waals surface area contributed by atoms with Crippen LogP contribution in [0.2, 0.25) is 0 Å². The molecular formula is C9H17NO2. The molecule has 0 heterocycles. The van der Waals surface area contributed by atoms with Gasteiger partial charge in [-0.05, 0) is 32.6 Å². The molecule has 3 heteroatoms. The van der Waals surface area contributed by atoms with Gasteiger partial charge in [0.25, 0.3) is 0 Å². The second kappa shape index (κ2) is 3.90. The zero-order valence-corrected chi connectivity index (χ0v) is 7.64. The van der Waals surface area contributed by atoms with Gasteiger partial charge in [-0.2, -0.15) is 0 Å². The number of carbonyl (C=O) groups excluding carboxylic acids is 1. The Morgan fingerprint density at radius 3 is 2.67 bits per heavy atom. The first-order valence-corrected chi connectivity index (χ1v) is 4.61. The van der Waals surface area contributed by atoms with Crippen LogP contribution < -0.4 is 5.73 Å². The topological polar surface area (TPSA) is 52.3 Å². The highest BCUT2D eigenvalue weighted by Crippen LogP contribution is 2.33. The minimum atomic E-state index is -0.116. The van der Waals surface area contributed by atoms with E-state index in [1.165, 1.54) is 6.42 Å². The molecule has 0 atom stereocenters. The summed E-state index contributed by atoms with van der Waals surface area (Å²) in [6.07, 6.45) is 4.59. The van der Waals surface area contributed by atoms with Gasteiger partial charge in [-0.3, -0.25) is 4.79 Å². The lowest BCUT2D eigenvalue weighted by molar-refractivity contribution is -0.143. The monoisotopic (exact) mass is 171 g/mol. The lowest BCUT2D eigenvalue weighted by Gasteiger charge is -2.37. The SMILES string of the molecule is CCOC(=O)CCC1(N)CCC1. The second-order valence-electron chi connectivity index (χ2n) is 3.52. The van der Waals surface area contributed by atoms with Crippen LogP contribution in [0.25, 0.3) is 0 Å². The molecule has 0 aromatic rings. The fourth-order valence-electron chi connectivity index (χ4n) is 1.47. The third kappa shape index (κ3) is 2.48. The van der Waals surface area contributed by atoms with Crippen LogP contribution in [-0.2, 0) is 9.53 Å². The van der Waals surface area contributed by atoms with E-state index in [-0.39, 0.29) is 11.5 Å². The van der Waals surface area contributed by atoms with Crippen molar-refractivity contribution >= 4 is 5.97 Å². The van der Waals surface area contributed by atoms with Gasteiger partial charge in [0, 0.05) is 12.0 Å². The largest absolute Gasteiger partial charge is 0.466 e. The number of hydrogen-bond donors (Lipinski definition) is 1. The van der Waals surface area contributed by atoms with E-state index in [1.54, 1.807) is 0 Å². The lowest BCUT2D eigenvalue weighted by Crippen LogP contribution is -2.46. The highest BCUT2D eigenvalue weighted by molar-refractivity contribution is 5.69. The highest BCUT2D eigenvalue weighted by atomic mass is 16.5. The van der Waals surface area contributed by atoms with Gasteiger partial charge in [-0.1, -0.05) is 0 Å². The highest BCUT2D eigenvalue weighted by Gasteiger charge is 2.32. The minimum absolute atomic E-state index is 0.0488. The van der Waals surface area contributed by atoms with Crippen molar-refractivity contribution in [2.45, 2.75) is 44.6 Å². The zero-order valence-electron chi connectivity index (χ0n) is 7.64. The standard InChI is InChI=1S/C9H17NO2/c1-2-12-8(11)4-7-9(10)5-3-6-9/h2-7,10H2,1H3. The maximum absolute atomic E-state index is 11.0. The molecule has 1 fully saturated rings. The molecule has 0 aromatic heterocycles. The maximum atomic E-state index is 11.0. The molecule has 0 unspecified atom stereocenters. The summed E-state index contributed by atoms with van der Waals surface area (Å²) in [6, 6.07) is 0. The molecule has 0 saturated heterocycles. The first kappa shape index (κ1) is 9.52. The van der Waals surface area contributed by atoms with E-state index in [4.69, 9.17) is 10.5 Å². The number of nitrogens with two attached hydrogens (primary N) is 1. The van der Waals surface area contributed by atoms with E-state index in [2.05, 4.69) is 0 Å². The van der Waals surface area contributed by atoms with Crippen LogP contribution >= 0.6 is 0 Å². The lowest BCUT2D eigenvalue weighted by atomic mass is 9.75. The molecule has 0 aromatic carbocycles. The van der Waals surface area contributed by atoms with Crippen molar-refractivity contribution in [2.24, 2.45) is 5.73 Å². The average molecular weight is 171 g/mol. The minimum Gasteiger partial charge on any atom is -0.466 e. The molecule has 2 N–H and O–H groups in total. The third-order valence-electron chi connectivity index (χ3n) is 2.48. The second-order valence-corrected chi connectivity index (χ2v) is 3.52. The van der Waals surface area contributed by atoms with Crippen molar-refractivity contribution < 1.29 is 9.53 Å². The molecule has 0 amide bonds. The van der Waals surface area contributed by atoms with Crippen molar-refractivity contribution in [3.8, 4) is 0 Å². The summed E-state index contributed by atoms with van der Waals surface area (Å²) < 4.78 is 4.81. The summed E-state index contributed by atoms with van der Waals surface area (Å²) >= 11 is 0. The molecular weight excluding hydrogens is 154 g/mol. The fraction of sp³-hybridized carbons (Fsp3) is 0.889. The molecule has 0 spiro atoms. The Bertz CT molecular complexity index is 164. The molecule has 0 radical (unpaired) electrons. The van der Waals surface area contributed by atoms with Gasteiger partial charge in [-0.15, -0.1) is 0 Å². The summed E-state index contributed by atoms with van der Waals surface area (Å²) in [7, 11) is 0. The van der Waals surface area contributed by atoms with Crippen molar-refractivity contribution in [2.75, 3.05) is 6.61 Å². The molecule has 1 aliphatic rings. The maximum Gasteiger partial charge on any atom is 0.305 e. The van der Waals surface area contributed by atoms with Gasteiger partial charge in [0.2, 0.25) is 0 Å². The van der Waals surface area contributed by atoms with Crippen molar-refractivity contribution in [3.05, 3.63) is 0 Å². The summed E-state index contributed by atoms with van der Waals surface area (Å²) in [5.74, 6) is -0.116. The molecule has 3 nitrogen and oxygen atoms in total. The smallest absolute Gasteiger partial charge is 0.305 e. The quantitative estimate of drug-likeness (QED) is 0.647. The predicted molar refractivity (Wildman–Crippen MR) is 46.6 cm³/mol. The van der Waals surface area contributed by atoms with Crippen molar-refractivity contribution in [1.29, 1.82) is 0 Å². The Morgan fingerprint density at radius 2 is 2.25 bits per heavy atom.